The zero-order valence-corrected chi connectivity index (χ0v) is 11.5. The summed E-state index contributed by atoms with van der Waals surface area (Å²) in [5.74, 6) is 0. The molecule has 0 aromatic rings. The topological polar surface area (TPSA) is 9.23 Å². The van der Waals surface area contributed by atoms with Gasteiger partial charge in [-0.15, -0.1) is 0 Å². The number of thiocarbonyl (C=S) groups is 1. The maximum Gasteiger partial charge on any atom is 0.216 e. The van der Waals surface area contributed by atoms with Crippen molar-refractivity contribution in [2.24, 2.45) is 0 Å². The molecular weight excluding hydrogens is 224 g/mol. The lowest BCUT2D eigenvalue weighted by atomic mass is 10.1. The van der Waals surface area contributed by atoms with E-state index in [1.165, 1.54) is 51.4 Å². The monoisotopic (exact) mass is 248 g/mol. The number of hydrogen-bond donors (Lipinski definition) is 1. The van der Waals surface area contributed by atoms with Crippen molar-refractivity contribution in [1.82, 2.24) is 0 Å². The van der Waals surface area contributed by atoms with E-state index in [0.717, 1.165) is 13.0 Å². The molecule has 0 radical (unpaired) electrons. The Morgan fingerprint density at radius 1 is 0.933 bits per heavy atom. The minimum Gasteiger partial charge on any atom is -0.479 e. The summed E-state index contributed by atoms with van der Waals surface area (Å²) in [7, 11) is 0. The van der Waals surface area contributed by atoms with Crippen molar-refractivity contribution in [3.8, 4) is 0 Å². The Hall–Kier alpha value is 0.240. The van der Waals surface area contributed by atoms with E-state index in [2.05, 4.69) is 19.6 Å². The molecule has 0 aromatic carbocycles. The van der Waals surface area contributed by atoms with E-state index in [0.29, 0.717) is 4.38 Å². The third kappa shape index (κ3) is 14.2. The van der Waals surface area contributed by atoms with Crippen molar-refractivity contribution in [1.29, 1.82) is 0 Å². The number of thiol groups is 1. The predicted molar refractivity (Wildman–Crippen MR) is 74.8 cm³/mol. The van der Waals surface area contributed by atoms with E-state index in [9.17, 15) is 0 Å². The Kier molecular flexibility index (Phi) is 12.5. The first-order valence-corrected chi connectivity index (χ1v) is 6.98. The van der Waals surface area contributed by atoms with Crippen LogP contribution in [0.25, 0.3) is 0 Å². The van der Waals surface area contributed by atoms with Gasteiger partial charge in [-0.3, -0.25) is 0 Å². The molecule has 0 amide bonds. The summed E-state index contributed by atoms with van der Waals surface area (Å²) in [5, 5.41) is 0. The molecule has 3 heteroatoms. The van der Waals surface area contributed by atoms with E-state index in [-0.39, 0.29) is 0 Å². The van der Waals surface area contributed by atoms with Gasteiger partial charge in [-0.05, 0) is 18.6 Å². The second-order valence-corrected chi connectivity index (χ2v) is 5.02. The van der Waals surface area contributed by atoms with Gasteiger partial charge in [0.1, 0.15) is 0 Å². The molecule has 0 aliphatic heterocycles. The molecule has 0 atom stereocenters. The van der Waals surface area contributed by atoms with Gasteiger partial charge in [0.25, 0.3) is 0 Å². The number of unbranched alkanes of at least 4 members (excludes halogenated alkanes) is 8. The molecule has 90 valence electrons. The quantitative estimate of drug-likeness (QED) is 0.339. The summed E-state index contributed by atoms with van der Waals surface area (Å²) in [5.41, 5.74) is 0. The van der Waals surface area contributed by atoms with Crippen molar-refractivity contribution in [3.63, 3.8) is 0 Å². The highest BCUT2D eigenvalue weighted by Crippen LogP contribution is 2.09. The molecule has 0 saturated carbocycles. The lowest BCUT2D eigenvalue weighted by molar-refractivity contribution is 0.308. The van der Waals surface area contributed by atoms with Gasteiger partial charge in [0.2, 0.25) is 4.38 Å². The van der Waals surface area contributed by atoms with Crippen molar-refractivity contribution >= 4 is 29.2 Å². The smallest absolute Gasteiger partial charge is 0.216 e. The normalized spacial score (nSPS) is 10.3. The van der Waals surface area contributed by atoms with Crippen LogP contribution in [-0.2, 0) is 4.74 Å². The highest BCUT2D eigenvalue weighted by atomic mass is 32.1. The average Bonchev–Trinajstić information content (AvgIpc) is 2.20. The first kappa shape index (κ1) is 15.2. The van der Waals surface area contributed by atoms with Crippen LogP contribution < -0.4 is 0 Å². The molecule has 0 N–H and O–H groups in total. The van der Waals surface area contributed by atoms with Crippen LogP contribution in [0.5, 0.6) is 0 Å². The lowest BCUT2D eigenvalue weighted by Crippen LogP contribution is -1.95. The average molecular weight is 248 g/mol. The molecule has 0 aliphatic rings. The van der Waals surface area contributed by atoms with Crippen LogP contribution in [0.2, 0.25) is 0 Å². The fraction of sp³-hybridized carbons (Fsp3) is 0.917. The minimum atomic E-state index is 0.370. The second-order valence-electron chi connectivity index (χ2n) is 3.94. The molecular formula is C12H24OS2. The molecule has 15 heavy (non-hydrogen) atoms. The molecule has 0 aromatic heterocycles. The standard InChI is InChI=1S/C12H24OS2/c1-2-3-4-5-6-7-8-9-10-11-13-12(14)15/h2-11H2,1H3,(H,14,15). The van der Waals surface area contributed by atoms with Gasteiger partial charge < -0.3 is 4.74 Å². The maximum absolute atomic E-state index is 5.10. The van der Waals surface area contributed by atoms with Crippen molar-refractivity contribution < 1.29 is 4.74 Å². The van der Waals surface area contributed by atoms with Crippen LogP contribution >= 0.6 is 24.8 Å². The first-order valence-electron chi connectivity index (χ1n) is 6.13. The Labute approximate surface area is 105 Å². The fourth-order valence-electron chi connectivity index (χ4n) is 1.57. The van der Waals surface area contributed by atoms with Crippen LogP contribution in [0.3, 0.4) is 0 Å². The van der Waals surface area contributed by atoms with Crippen LogP contribution in [0.4, 0.5) is 0 Å². The van der Waals surface area contributed by atoms with Crippen LogP contribution in [-0.4, -0.2) is 11.0 Å². The zero-order valence-electron chi connectivity index (χ0n) is 9.83. The summed E-state index contributed by atoms with van der Waals surface area (Å²) < 4.78 is 5.47. The molecule has 0 saturated heterocycles. The predicted octanol–water partition coefficient (Wildman–Crippen LogP) is 4.75. The summed E-state index contributed by atoms with van der Waals surface area (Å²) in [6.45, 7) is 2.99. The van der Waals surface area contributed by atoms with Gasteiger partial charge in [-0.2, -0.15) is 0 Å². The molecule has 0 unspecified atom stereocenters. The van der Waals surface area contributed by atoms with E-state index in [1.54, 1.807) is 0 Å². The summed E-state index contributed by atoms with van der Waals surface area (Å²) in [6, 6.07) is 0. The fourth-order valence-corrected chi connectivity index (χ4v) is 1.75. The highest BCUT2D eigenvalue weighted by Gasteiger charge is 1.93. The zero-order chi connectivity index (χ0) is 11.4. The van der Waals surface area contributed by atoms with Crippen molar-refractivity contribution in [3.05, 3.63) is 0 Å². The largest absolute Gasteiger partial charge is 0.479 e. The summed E-state index contributed by atoms with van der Waals surface area (Å²) in [4.78, 5) is 0. The number of rotatable bonds is 10. The van der Waals surface area contributed by atoms with Gasteiger partial charge in [0.15, 0.2) is 0 Å². The van der Waals surface area contributed by atoms with Gasteiger partial charge in [-0.1, -0.05) is 70.9 Å². The van der Waals surface area contributed by atoms with E-state index < -0.39 is 0 Å². The molecule has 0 rings (SSSR count). The molecule has 0 heterocycles. The van der Waals surface area contributed by atoms with Crippen molar-refractivity contribution in [2.45, 2.75) is 64.7 Å². The van der Waals surface area contributed by atoms with Gasteiger partial charge in [-0.25, -0.2) is 0 Å². The SMILES string of the molecule is CCCCCCCCCCCOC(=S)S. The van der Waals surface area contributed by atoms with E-state index in [4.69, 9.17) is 17.0 Å². The Morgan fingerprint density at radius 2 is 1.40 bits per heavy atom. The third-order valence-corrected chi connectivity index (χ3v) is 2.72. The second kappa shape index (κ2) is 12.3. The third-order valence-electron chi connectivity index (χ3n) is 2.47. The van der Waals surface area contributed by atoms with Gasteiger partial charge in [0.05, 0.1) is 6.61 Å². The maximum atomic E-state index is 5.10. The van der Waals surface area contributed by atoms with E-state index >= 15 is 0 Å². The minimum absolute atomic E-state index is 0.370. The molecule has 0 spiro atoms. The van der Waals surface area contributed by atoms with Crippen LogP contribution in [0.1, 0.15) is 64.7 Å². The molecule has 0 fully saturated rings. The molecule has 0 aliphatic carbocycles. The van der Waals surface area contributed by atoms with E-state index in [1.807, 2.05) is 0 Å². The van der Waals surface area contributed by atoms with Crippen LogP contribution in [0, 0.1) is 0 Å². The highest BCUT2D eigenvalue weighted by molar-refractivity contribution is 8.10. The van der Waals surface area contributed by atoms with Crippen LogP contribution in [0.15, 0.2) is 0 Å². The molecule has 1 nitrogen and oxygen atoms in total. The van der Waals surface area contributed by atoms with Gasteiger partial charge >= 0.3 is 0 Å². The summed E-state index contributed by atoms with van der Waals surface area (Å²) in [6.07, 6.45) is 12.0. The Bertz CT molecular complexity index is 149. The number of ether oxygens (including phenoxy) is 1. The Morgan fingerprint density at radius 3 is 1.87 bits per heavy atom. The molecule has 0 bridgehead atoms. The summed E-state index contributed by atoms with van der Waals surface area (Å²) >= 11 is 8.60. The lowest BCUT2D eigenvalue weighted by Gasteiger charge is -2.03. The number of hydrogen-bond acceptors (Lipinski definition) is 2. The van der Waals surface area contributed by atoms with Crippen molar-refractivity contribution in [2.75, 3.05) is 6.61 Å². The van der Waals surface area contributed by atoms with Gasteiger partial charge in [0, 0.05) is 0 Å². The Balaban J connectivity index is 2.89. The first-order chi connectivity index (χ1) is 7.27.